The maximum atomic E-state index is 14.2. The molecule has 0 aliphatic carbocycles. The number of aromatic nitrogens is 3. The molecule has 44 heavy (non-hydrogen) atoms. The first-order chi connectivity index (χ1) is 21.3. The minimum Gasteiger partial charge on any atom is -0.463 e. The van der Waals surface area contributed by atoms with Crippen molar-refractivity contribution in [2.45, 2.75) is 26.8 Å². The number of thiazole rings is 1. The number of carbonyl (C=O) groups excluding carboxylic acids is 2. The van der Waals surface area contributed by atoms with E-state index in [2.05, 4.69) is 4.99 Å². The summed E-state index contributed by atoms with van der Waals surface area (Å²) in [5.74, 6) is -0.636. The predicted molar refractivity (Wildman–Crippen MR) is 167 cm³/mol. The van der Waals surface area contributed by atoms with Gasteiger partial charge in [-0.15, -0.1) is 0 Å². The lowest BCUT2D eigenvalue weighted by Gasteiger charge is -2.24. The Morgan fingerprint density at radius 3 is 2.32 bits per heavy atom. The van der Waals surface area contributed by atoms with Gasteiger partial charge in [0, 0.05) is 24.2 Å². The molecule has 5 aromatic rings. The summed E-state index contributed by atoms with van der Waals surface area (Å²) in [6.45, 7) is 4.96. The third kappa shape index (κ3) is 5.55. The number of ether oxygens (including phenoxy) is 2. The maximum Gasteiger partial charge on any atom is 0.338 e. The topological polar surface area (TPSA) is 105 Å². The van der Waals surface area contributed by atoms with E-state index in [9.17, 15) is 14.4 Å². The van der Waals surface area contributed by atoms with Gasteiger partial charge >= 0.3 is 11.9 Å². The number of para-hydroxylation sites is 1. The van der Waals surface area contributed by atoms with Crippen LogP contribution in [0, 0.1) is 0 Å². The van der Waals surface area contributed by atoms with Gasteiger partial charge in [0.2, 0.25) is 0 Å². The van der Waals surface area contributed by atoms with Crippen molar-refractivity contribution in [3.63, 3.8) is 0 Å². The first kappa shape index (κ1) is 28.8. The average molecular weight is 605 g/mol. The zero-order valence-corrected chi connectivity index (χ0v) is 25.1. The van der Waals surface area contributed by atoms with E-state index in [-0.39, 0.29) is 17.7 Å². The van der Waals surface area contributed by atoms with Crippen molar-refractivity contribution >= 4 is 29.4 Å². The van der Waals surface area contributed by atoms with Crippen molar-refractivity contribution in [1.82, 2.24) is 14.3 Å². The fourth-order valence-electron chi connectivity index (χ4n) is 5.16. The van der Waals surface area contributed by atoms with E-state index in [0.29, 0.717) is 26.3 Å². The minimum atomic E-state index is -0.792. The van der Waals surface area contributed by atoms with Crippen LogP contribution in [0.5, 0.6) is 5.75 Å². The largest absolute Gasteiger partial charge is 0.463 e. The molecule has 0 saturated heterocycles. The number of allylic oxidation sites excluding steroid dienone is 1. The van der Waals surface area contributed by atoms with Gasteiger partial charge in [0.1, 0.15) is 5.75 Å². The molecule has 9 nitrogen and oxygen atoms in total. The molecule has 1 atom stereocenters. The quantitative estimate of drug-likeness (QED) is 0.199. The fourth-order valence-corrected chi connectivity index (χ4v) is 6.20. The Morgan fingerprint density at radius 1 is 0.977 bits per heavy atom. The van der Waals surface area contributed by atoms with E-state index >= 15 is 0 Å². The van der Waals surface area contributed by atoms with Crippen LogP contribution in [-0.2, 0) is 14.3 Å². The SMILES string of the molecule is CCOC(=O)C1=C(C)N=c2s/c(=C\c3cn(-c4ccccc4)nc3-c3ccccc3)c(=O)n2[C@@H]1c1ccc(OC(C)=O)cc1. The number of hydrogen-bond acceptors (Lipinski definition) is 8. The van der Waals surface area contributed by atoms with Crippen LogP contribution in [-0.4, -0.2) is 32.9 Å². The highest BCUT2D eigenvalue weighted by molar-refractivity contribution is 7.07. The Bertz CT molecular complexity index is 2080. The average Bonchev–Trinajstić information content (AvgIpc) is 3.58. The molecule has 220 valence electrons. The Balaban J connectivity index is 1.53. The lowest BCUT2D eigenvalue weighted by Crippen LogP contribution is -2.39. The zero-order valence-electron chi connectivity index (χ0n) is 24.3. The molecule has 0 radical (unpaired) electrons. The smallest absolute Gasteiger partial charge is 0.338 e. The van der Waals surface area contributed by atoms with E-state index in [0.717, 1.165) is 22.5 Å². The summed E-state index contributed by atoms with van der Waals surface area (Å²) in [5, 5.41) is 4.87. The maximum absolute atomic E-state index is 14.2. The first-order valence-electron chi connectivity index (χ1n) is 14.0. The van der Waals surface area contributed by atoms with E-state index in [4.69, 9.17) is 14.6 Å². The number of fused-ring (bicyclic) bond motifs is 1. The summed E-state index contributed by atoms with van der Waals surface area (Å²) >= 11 is 1.24. The predicted octanol–water partition coefficient (Wildman–Crippen LogP) is 4.58. The van der Waals surface area contributed by atoms with Gasteiger partial charge in [-0.3, -0.25) is 14.2 Å². The Kier molecular flexibility index (Phi) is 7.91. The summed E-state index contributed by atoms with van der Waals surface area (Å²) in [7, 11) is 0. The van der Waals surface area contributed by atoms with Crippen molar-refractivity contribution in [3.05, 3.63) is 133 Å². The number of benzene rings is 3. The molecule has 0 bridgehead atoms. The van der Waals surface area contributed by atoms with Crippen molar-refractivity contribution in [1.29, 1.82) is 0 Å². The molecule has 0 fully saturated rings. The lowest BCUT2D eigenvalue weighted by molar-refractivity contribution is -0.139. The van der Waals surface area contributed by atoms with Gasteiger partial charge in [0.05, 0.1) is 39.8 Å². The van der Waals surface area contributed by atoms with Crippen molar-refractivity contribution in [3.8, 4) is 22.7 Å². The minimum absolute atomic E-state index is 0.172. The van der Waals surface area contributed by atoms with E-state index in [1.807, 2.05) is 72.9 Å². The highest BCUT2D eigenvalue weighted by atomic mass is 32.1. The summed E-state index contributed by atoms with van der Waals surface area (Å²) < 4.78 is 14.3. The van der Waals surface area contributed by atoms with Crippen LogP contribution in [0.25, 0.3) is 23.0 Å². The van der Waals surface area contributed by atoms with Crippen molar-refractivity contribution in [2.75, 3.05) is 6.61 Å². The number of hydrogen-bond donors (Lipinski definition) is 0. The van der Waals surface area contributed by atoms with Crippen LogP contribution >= 0.6 is 11.3 Å². The Hall–Kier alpha value is -5.35. The second-order valence-electron chi connectivity index (χ2n) is 10.0. The number of rotatable bonds is 7. The molecule has 1 aliphatic rings. The molecule has 2 aromatic heterocycles. The molecule has 0 amide bonds. The zero-order chi connectivity index (χ0) is 30.8. The van der Waals surface area contributed by atoms with Gasteiger partial charge in [0.15, 0.2) is 4.80 Å². The van der Waals surface area contributed by atoms with Crippen LogP contribution in [0.2, 0.25) is 0 Å². The van der Waals surface area contributed by atoms with Gasteiger partial charge in [-0.2, -0.15) is 5.10 Å². The number of esters is 2. The van der Waals surface area contributed by atoms with Crippen LogP contribution in [0.4, 0.5) is 0 Å². The molecular weight excluding hydrogens is 576 g/mol. The third-order valence-electron chi connectivity index (χ3n) is 7.07. The lowest BCUT2D eigenvalue weighted by atomic mass is 9.96. The third-order valence-corrected chi connectivity index (χ3v) is 8.05. The van der Waals surface area contributed by atoms with E-state index < -0.39 is 18.0 Å². The molecule has 0 spiro atoms. The van der Waals surface area contributed by atoms with Crippen molar-refractivity contribution < 1.29 is 19.1 Å². The number of nitrogens with zero attached hydrogens (tertiary/aromatic N) is 4. The number of carbonyl (C=O) groups is 2. The fraction of sp³-hybridized carbons (Fsp3) is 0.147. The van der Waals surface area contributed by atoms with Gasteiger partial charge in [-0.25, -0.2) is 14.5 Å². The molecule has 3 heterocycles. The second-order valence-corrected chi connectivity index (χ2v) is 11.1. The van der Waals surface area contributed by atoms with E-state index in [1.54, 1.807) is 42.8 Å². The van der Waals surface area contributed by atoms with Gasteiger partial charge in [-0.1, -0.05) is 72.0 Å². The van der Waals surface area contributed by atoms with Gasteiger partial charge in [0.25, 0.3) is 5.56 Å². The normalized spacial score (nSPS) is 14.6. The molecule has 10 heteroatoms. The van der Waals surface area contributed by atoms with Gasteiger partial charge in [-0.05, 0) is 49.8 Å². The molecule has 1 aliphatic heterocycles. The molecule has 0 saturated carbocycles. The Labute approximate surface area is 256 Å². The van der Waals surface area contributed by atoms with Gasteiger partial charge < -0.3 is 9.47 Å². The summed E-state index contributed by atoms with van der Waals surface area (Å²) in [4.78, 5) is 44.0. The van der Waals surface area contributed by atoms with Crippen LogP contribution in [0.15, 0.2) is 112 Å². The van der Waals surface area contributed by atoms with Crippen LogP contribution < -0.4 is 19.6 Å². The highest BCUT2D eigenvalue weighted by Crippen LogP contribution is 2.32. The second kappa shape index (κ2) is 12.1. The van der Waals surface area contributed by atoms with Crippen LogP contribution in [0.1, 0.15) is 37.9 Å². The molecule has 3 aromatic carbocycles. The summed E-state index contributed by atoms with van der Waals surface area (Å²) in [5.41, 5.74) is 4.36. The molecular formula is C34H28N4O5S. The monoisotopic (exact) mass is 604 g/mol. The summed E-state index contributed by atoms with van der Waals surface area (Å²) in [6, 6.07) is 25.5. The standard InChI is InChI=1S/C34H28N4O5S/c1-4-42-33(41)29-21(2)35-34-38(31(29)24-15-17-27(18-16-24)43-22(3)39)32(40)28(44-34)19-25-20-37(26-13-9-6-10-14-26)36-30(25)23-11-7-5-8-12-23/h5-20,31H,4H2,1-3H3/b28-19-/t31-/m1/s1. The van der Waals surface area contributed by atoms with E-state index in [1.165, 1.54) is 22.8 Å². The molecule has 0 N–H and O–H groups in total. The summed E-state index contributed by atoms with van der Waals surface area (Å²) in [6.07, 6.45) is 3.72. The molecule has 6 rings (SSSR count). The Morgan fingerprint density at radius 2 is 1.66 bits per heavy atom. The van der Waals surface area contributed by atoms with Crippen molar-refractivity contribution in [2.24, 2.45) is 4.99 Å². The highest BCUT2D eigenvalue weighted by Gasteiger charge is 2.33. The molecule has 0 unspecified atom stereocenters. The van der Waals surface area contributed by atoms with Crippen LogP contribution in [0.3, 0.4) is 0 Å². The first-order valence-corrected chi connectivity index (χ1v) is 14.8.